The SMILES string of the molecule is CCOC(=O)c1cc2ccc(OCCNC(=O)OC(C)(C)C)cc2o1. The highest BCUT2D eigenvalue weighted by atomic mass is 16.6. The molecule has 0 aliphatic heterocycles. The van der Waals surface area contributed by atoms with E-state index in [-0.39, 0.29) is 19.0 Å². The summed E-state index contributed by atoms with van der Waals surface area (Å²) in [5, 5.41) is 3.39. The molecule has 0 unspecified atom stereocenters. The van der Waals surface area contributed by atoms with Crippen LogP contribution in [0.4, 0.5) is 4.79 Å². The van der Waals surface area contributed by atoms with Crippen LogP contribution in [0, 0.1) is 0 Å². The van der Waals surface area contributed by atoms with Crippen LogP contribution in [0.1, 0.15) is 38.2 Å². The maximum Gasteiger partial charge on any atom is 0.407 e. The van der Waals surface area contributed by atoms with Crippen molar-refractivity contribution in [2.45, 2.75) is 33.3 Å². The first-order valence-electron chi connectivity index (χ1n) is 8.09. The van der Waals surface area contributed by atoms with Gasteiger partial charge in [-0.3, -0.25) is 0 Å². The van der Waals surface area contributed by atoms with Gasteiger partial charge in [0.05, 0.1) is 13.2 Å². The highest BCUT2D eigenvalue weighted by Gasteiger charge is 2.16. The molecule has 0 atom stereocenters. The summed E-state index contributed by atoms with van der Waals surface area (Å²) in [5.74, 6) is 0.228. The van der Waals surface area contributed by atoms with Gasteiger partial charge in [0.2, 0.25) is 5.76 Å². The summed E-state index contributed by atoms with van der Waals surface area (Å²) in [7, 11) is 0. The van der Waals surface area contributed by atoms with Gasteiger partial charge in [0, 0.05) is 11.5 Å². The van der Waals surface area contributed by atoms with E-state index >= 15 is 0 Å². The molecule has 0 aliphatic rings. The molecule has 2 aromatic rings. The molecule has 0 saturated heterocycles. The molecule has 0 bridgehead atoms. The fourth-order valence-electron chi connectivity index (χ4n) is 2.04. The minimum absolute atomic E-state index is 0.153. The van der Waals surface area contributed by atoms with Crippen LogP contribution in [0.5, 0.6) is 5.75 Å². The molecule has 136 valence electrons. The van der Waals surface area contributed by atoms with E-state index < -0.39 is 17.7 Å². The second kappa shape index (κ2) is 7.92. The number of fused-ring (bicyclic) bond motifs is 1. The molecule has 2 rings (SSSR count). The van der Waals surface area contributed by atoms with E-state index in [4.69, 9.17) is 18.6 Å². The number of esters is 1. The molecule has 25 heavy (non-hydrogen) atoms. The van der Waals surface area contributed by atoms with Gasteiger partial charge in [-0.1, -0.05) is 0 Å². The van der Waals surface area contributed by atoms with E-state index in [0.29, 0.717) is 17.9 Å². The van der Waals surface area contributed by atoms with Gasteiger partial charge in [0.25, 0.3) is 0 Å². The number of ether oxygens (including phenoxy) is 3. The summed E-state index contributed by atoms with van der Waals surface area (Å²) in [5.41, 5.74) is -0.00743. The third-order valence-electron chi connectivity index (χ3n) is 3.01. The Balaban J connectivity index is 1.87. The molecular formula is C18H23NO6. The highest BCUT2D eigenvalue weighted by Crippen LogP contribution is 2.24. The van der Waals surface area contributed by atoms with Gasteiger partial charge in [-0.25, -0.2) is 9.59 Å². The zero-order chi connectivity index (χ0) is 18.4. The lowest BCUT2D eigenvalue weighted by molar-refractivity contribution is 0.0490. The topological polar surface area (TPSA) is 87.0 Å². The molecule has 0 radical (unpaired) electrons. The second-order valence-electron chi connectivity index (χ2n) is 6.31. The largest absolute Gasteiger partial charge is 0.492 e. The maximum atomic E-state index is 11.7. The molecule has 0 fully saturated rings. The van der Waals surface area contributed by atoms with Crippen LogP contribution >= 0.6 is 0 Å². The van der Waals surface area contributed by atoms with Gasteiger partial charge in [-0.2, -0.15) is 0 Å². The number of hydrogen-bond acceptors (Lipinski definition) is 6. The second-order valence-corrected chi connectivity index (χ2v) is 6.31. The Morgan fingerprint density at radius 3 is 2.64 bits per heavy atom. The summed E-state index contributed by atoms with van der Waals surface area (Å²) >= 11 is 0. The van der Waals surface area contributed by atoms with E-state index in [9.17, 15) is 9.59 Å². The smallest absolute Gasteiger partial charge is 0.407 e. The average molecular weight is 349 g/mol. The standard InChI is InChI=1S/C18H23NO6/c1-5-22-16(20)15-10-12-6-7-13(11-14(12)24-15)23-9-8-19-17(21)25-18(2,3)4/h6-7,10-11H,5,8-9H2,1-4H3,(H,19,21). The third-order valence-corrected chi connectivity index (χ3v) is 3.01. The molecule has 1 aromatic carbocycles. The van der Waals surface area contributed by atoms with Crippen molar-refractivity contribution >= 4 is 23.0 Å². The molecule has 1 aromatic heterocycles. The Morgan fingerprint density at radius 2 is 1.96 bits per heavy atom. The van der Waals surface area contributed by atoms with Crippen LogP contribution in [0.2, 0.25) is 0 Å². The number of carbonyl (C=O) groups is 2. The van der Waals surface area contributed by atoms with Gasteiger partial charge in [-0.05, 0) is 45.9 Å². The van der Waals surface area contributed by atoms with E-state index in [1.807, 2.05) is 0 Å². The van der Waals surface area contributed by atoms with E-state index in [0.717, 1.165) is 5.39 Å². The van der Waals surface area contributed by atoms with Crippen LogP contribution in [0.15, 0.2) is 28.7 Å². The summed E-state index contributed by atoms with van der Waals surface area (Å²) < 4.78 is 21.1. The predicted molar refractivity (Wildman–Crippen MR) is 91.9 cm³/mol. The molecule has 0 spiro atoms. The molecule has 7 heteroatoms. The fourth-order valence-corrected chi connectivity index (χ4v) is 2.04. The molecule has 1 amide bonds. The number of benzene rings is 1. The van der Waals surface area contributed by atoms with Gasteiger partial charge >= 0.3 is 12.1 Å². The van der Waals surface area contributed by atoms with E-state index in [2.05, 4.69) is 5.32 Å². The van der Waals surface area contributed by atoms with Crippen LogP contribution in [-0.4, -0.2) is 37.4 Å². The van der Waals surface area contributed by atoms with Gasteiger partial charge in [0.1, 0.15) is 23.5 Å². The number of hydrogen-bond donors (Lipinski definition) is 1. The molecule has 1 N–H and O–H groups in total. The first-order valence-corrected chi connectivity index (χ1v) is 8.09. The molecule has 0 saturated carbocycles. The van der Waals surface area contributed by atoms with Crippen molar-refractivity contribution in [2.24, 2.45) is 0 Å². The highest BCUT2D eigenvalue weighted by molar-refractivity contribution is 5.92. The van der Waals surface area contributed by atoms with E-state index in [1.54, 1.807) is 52.0 Å². The lowest BCUT2D eigenvalue weighted by Crippen LogP contribution is -2.34. The summed E-state index contributed by atoms with van der Waals surface area (Å²) in [4.78, 5) is 23.2. The molecular weight excluding hydrogens is 326 g/mol. The summed E-state index contributed by atoms with van der Waals surface area (Å²) in [6.45, 7) is 7.99. The molecule has 7 nitrogen and oxygen atoms in total. The fraction of sp³-hybridized carbons (Fsp3) is 0.444. The van der Waals surface area contributed by atoms with Crippen molar-refractivity contribution in [2.75, 3.05) is 19.8 Å². The number of alkyl carbamates (subject to hydrolysis) is 1. The van der Waals surface area contributed by atoms with Crippen molar-refractivity contribution in [3.63, 3.8) is 0 Å². The Morgan fingerprint density at radius 1 is 1.20 bits per heavy atom. The zero-order valence-corrected chi connectivity index (χ0v) is 14.9. The van der Waals surface area contributed by atoms with Crippen molar-refractivity contribution in [3.05, 3.63) is 30.0 Å². The molecule has 1 heterocycles. The van der Waals surface area contributed by atoms with Crippen LogP contribution < -0.4 is 10.1 Å². The zero-order valence-electron chi connectivity index (χ0n) is 14.9. The first kappa shape index (κ1) is 18.6. The van der Waals surface area contributed by atoms with Crippen LogP contribution in [0.25, 0.3) is 11.0 Å². The monoisotopic (exact) mass is 349 g/mol. The van der Waals surface area contributed by atoms with Crippen molar-refractivity contribution < 1.29 is 28.2 Å². The Hall–Kier alpha value is -2.70. The third kappa shape index (κ3) is 5.70. The van der Waals surface area contributed by atoms with Crippen molar-refractivity contribution in [1.82, 2.24) is 5.32 Å². The Labute approximate surface area is 146 Å². The van der Waals surface area contributed by atoms with Gasteiger partial charge < -0.3 is 23.9 Å². The number of amides is 1. The van der Waals surface area contributed by atoms with Crippen LogP contribution in [-0.2, 0) is 9.47 Å². The minimum atomic E-state index is -0.536. The number of carbonyl (C=O) groups excluding carboxylic acids is 2. The predicted octanol–water partition coefficient (Wildman–Crippen LogP) is 3.51. The number of furan rings is 1. The van der Waals surface area contributed by atoms with E-state index in [1.165, 1.54) is 0 Å². The average Bonchev–Trinajstić information content (AvgIpc) is 2.93. The quantitative estimate of drug-likeness (QED) is 0.634. The number of rotatable bonds is 6. The summed E-state index contributed by atoms with van der Waals surface area (Å²) in [6, 6.07) is 6.87. The normalized spacial score (nSPS) is 11.2. The maximum absolute atomic E-state index is 11.7. The molecule has 0 aliphatic carbocycles. The van der Waals surface area contributed by atoms with Crippen LogP contribution in [0.3, 0.4) is 0 Å². The lowest BCUT2D eigenvalue weighted by atomic mass is 10.2. The lowest BCUT2D eigenvalue weighted by Gasteiger charge is -2.19. The number of nitrogens with one attached hydrogen (secondary N) is 1. The Bertz CT molecular complexity index is 744. The van der Waals surface area contributed by atoms with Gasteiger partial charge in [-0.15, -0.1) is 0 Å². The Kier molecular flexibility index (Phi) is 5.90. The minimum Gasteiger partial charge on any atom is -0.492 e. The van der Waals surface area contributed by atoms with Crippen molar-refractivity contribution in [3.8, 4) is 5.75 Å². The first-order chi connectivity index (χ1) is 11.8. The summed E-state index contributed by atoms with van der Waals surface area (Å²) in [6.07, 6.45) is -0.489. The van der Waals surface area contributed by atoms with Gasteiger partial charge in [0.15, 0.2) is 0 Å². The van der Waals surface area contributed by atoms with Crippen molar-refractivity contribution in [1.29, 1.82) is 0 Å².